The van der Waals surface area contributed by atoms with Crippen LogP contribution in [-0.4, -0.2) is 20.1 Å². The molecular weight excluding hydrogens is 310 g/mol. The summed E-state index contributed by atoms with van der Waals surface area (Å²) in [4.78, 5) is 0.405. The fraction of sp³-hybridized carbons (Fsp3) is 0.556. The molecule has 4 nitrogen and oxygen atoms in total. The first-order chi connectivity index (χ1) is 10.3. The topological polar surface area (TPSA) is 66.4 Å². The summed E-state index contributed by atoms with van der Waals surface area (Å²) in [5.41, 5.74) is 2.02. The average Bonchev–Trinajstić information content (AvgIpc) is 2.68. The van der Waals surface area contributed by atoms with E-state index in [4.69, 9.17) is 0 Å². The van der Waals surface area contributed by atoms with E-state index >= 15 is 0 Å². The van der Waals surface area contributed by atoms with Gasteiger partial charge in [0.2, 0.25) is 10.0 Å². The molecule has 0 bridgehead atoms. The van der Waals surface area contributed by atoms with Gasteiger partial charge < -0.3 is 5.11 Å². The molecule has 0 amide bonds. The summed E-state index contributed by atoms with van der Waals surface area (Å²) in [6, 6.07) is 3.79. The van der Waals surface area contributed by atoms with E-state index in [1.807, 2.05) is 53.7 Å². The van der Waals surface area contributed by atoms with Gasteiger partial charge in [0.1, 0.15) is 5.75 Å². The molecule has 2 N–H and O–H groups in total. The number of phenols is 1. The normalized spacial score (nSPS) is 20.2. The zero-order chi connectivity index (χ0) is 17.6. The Bertz CT molecular complexity index is 712. The zero-order valence-electron chi connectivity index (χ0n) is 14.8. The second-order valence-corrected chi connectivity index (χ2v) is 10.0. The van der Waals surface area contributed by atoms with Crippen molar-refractivity contribution in [2.75, 3.05) is 6.54 Å². The third-order valence-electron chi connectivity index (χ3n) is 4.08. The molecule has 1 aliphatic rings. The SMILES string of the molecule is CC(C)(C)c1cc(/C=C2\CCNS2(=O)=O)cc(C(C)(C)C)c1O. The van der Waals surface area contributed by atoms with Gasteiger partial charge in [-0.3, -0.25) is 0 Å². The van der Waals surface area contributed by atoms with Crippen LogP contribution in [0.1, 0.15) is 64.7 Å². The lowest BCUT2D eigenvalue weighted by Gasteiger charge is -2.28. The van der Waals surface area contributed by atoms with Crippen molar-refractivity contribution >= 4 is 16.1 Å². The Morgan fingerprint density at radius 1 is 1.04 bits per heavy atom. The third-order valence-corrected chi connectivity index (χ3v) is 5.68. The van der Waals surface area contributed by atoms with Gasteiger partial charge in [-0.05, 0) is 41.0 Å². The third kappa shape index (κ3) is 3.78. The Kier molecular flexibility index (Phi) is 4.41. The number of rotatable bonds is 1. The second-order valence-electron chi connectivity index (χ2n) is 8.22. The molecule has 128 valence electrons. The minimum absolute atomic E-state index is 0.231. The van der Waals surface area contributed by atoms with Crippen molar-refractivity contribution < 1.29 is 13.5 Å². The molecule has 2 rings (SSSR count). The van der Waals surface area contributed by atoms with E-state index < -0.39 is 10.0 Å². The molecule has 0 aromatic heterocycles. The fourth-order valence-corrected chi connectivity index (χ4v) is 3.97. The largest absolute Gasteiger partial charge is 0.507 e. The van der Waals surface area contributed by atoms with Crippen LogP contribution in [0.15, 0.2) is 17.0 Å². The van der Waals surface area contributed by atoms with Crippen molar-refractivity contribution in [2.24, 2.45) is 0 Å². The van der Waals surface area contributed by atoms with Crippen LogP contribution in [0, 0.1) is 0 Å². The molecule has 1 aliphatic heterocycles. The van der Waals surface area contributed by atoms with Crippen LogP contribution in [0.2, 0.25) is 0 Å². The maximum Gasteiger partial charge on any atom is 0.236 e. The number of benzene rings is 1. The highest BCUT2D eigenvalue weighted by Crippen LogP contribution is 2.40. The van der Waals surface area contributed by atoms with Crippen molar-refractivity contribution in [3.05, 3.63) is 33.7 Å². The molecule has 23 heavy (non-hydrogen) atoms. The van der Waals surface area contributed by atoms with Crippen LogP contribution in [-0.2, 0) is 20.9 Å². The van der Waals surface area contributed by atoms with E-state index in [-0.39, 0.29) is 10.8 Å². The molecule has 1 fully saturated rings. The molecule has 1 aromatic carbocycles. The van der Waals surface area contributed by atoms with Crippen molar-refractivity contribution in [3.63, 3.8) is 0 Å². The molecule has 0 saturated carbocycles. The molecule has 1 heterocycles. The predicted octanol–water partition coefficient (Wildman–Crippen LogP) is 3.65. The van der Waals surface area contributed by atoms with Crippen LogP contribution < -0.4 is 4.72 Å². The zero-order valence-corrected chi connectivity index (χ0v) is 15.6. The summed E-state index contributed by atoms with van der Waals surface area (Å²) in [6.07, 6.45) is 2.22. The van der Waals surface area contributed by atoms with Crippen LogP contribution in [0.4, 0.5) is 0 Å². The number of hydrogen-bond acceptors (Lipinski definition) is 3. The lowest BCUT2D eigenvalue weighted by Crippen LogP contribution is -2.17. The van der Waals surface area contributed by atoms with Gasteiger partial charge in [-0.1, -0.05) is 41.5 Å². The first-order valence-corrected chi connectivity index (χ1v) is 9.39. The highest BCUT2D eigenvalue weighted by Gasteiger charge is 2.28. The van der Waals surface area contributed by atoms with Crippen molar-refractivity contribution in [1.29, 1.82) is 0 Å². The summed E-state index contributed by atoms with van der Waals surface area (Å²) in [5.74, 6) is 0.305. The lowest BCUT2D eigenvalue weighted by molar-refractivity contribution is 0.423. The number of nitrogens with one attached hydrogen (secondary N) is 1. The van der Waals surface area contributed by atoms with Crippen LogP contribution in [0.3, 0.4) is 0 Å². The first-order valence-electron chi connectivity index (χ1n) is 7.90. The van der Waals surface area contributed by atoms with Gasteiger partial charge in [0.15, 0.2) is 0 Å². The Balaban J connectivity index is 2.69. The van der Waals surface area contributed by atoms with Gasteiger partial charge >= 0.3 is 0 Å². The van der Waals surface area contributed by atoms with Gasteiger partial charge in [0.25, 0.3) is 0 Å². The molecule has 0 atom stereocenters. The van der Waals surface area contributed by atoms with Crippen LogP contribution >= 0.6 is 0 Å². The smallest absolute Gasteiger partial charge is 0.236 e. The van der Waals surface area contributed by atoms with E-state index in [0.29, 0.717) is 23.6 Å². The summed E-state index contributed by atoms with van der Waals surface area (Å²) in [6.45, 7) is 12.7. The Morgan fingerprint density at radius 3 is 1.87 bits per heavy atom. The Hall–Kier alpha value is -1.33. The summed E-state index contributed by atoms with van der Waals surface area (Å²) >= 11 is 0. The van der Waals surface area contributed by atoms with Gasteiger partial charge in [0, 0.05) is 17.7 Å². The van der Waals surface area contributed by atoms with Gasteiger partial charge in [-0.15, -0.1) is 0 Å². The van der Waals surface area contributed by atoms with Gasteiger partial charge in [-0.25, -0.2) is 13.1 Å². The first kappa shape index (κ1) is 18.0. The van der Waals surface area contributed by atoms with Crippen LogP contribution in [0.5, 0.6) is 5.75 Å². The van der Waals surface area contributed by atoms with E-state index in [1.165, 1.54) is 0 Å². The molecule has 5 heteroatoms. The number of aromatic hydroxyl groups is 1. The van der Waals surface area contributed by atoms with Crippen LogP contribution in [0.25, 0.3) is 6.08 Å². The van der Waals surface area contributed by atoms with Crippen molar-refractivity contribution in [1.82, 2.24) is 4.72 Å². The predicted molar refractivity (Wildman–Crippen MR) is 95.0 cm³/mol. The molecule has 0 radical (unpaired) electrons. The summed E-state index contributed by atoms with van der Waals surface area (Å²) < 4.78 is 26.5. The summed E-state index contributed by atoms with van der Waals surface area (Å²) in [5, 5.41) is 10.7. The highest BCUT2D eigenvalue weighted by molar-refractivity contribution is 7.93. The number of sulfonamides is 1. The summed E-state index contributed by atoms with van der Waals surface area (Å²) in [7, 11) is -3.34. The molecule has 0 aliphatic carbocycles. The average molecular weight is 337 g/mol. The van der Waals surface area contributed by atoms with Crippen molar-refractivity contribution in [2.45, 2.75) is 58.8 Å². The molecular formula is C18H27NO3S. The van der Waals surface area contributed by atoms with E-state index in [1.54, 1.807) is 6.08 Å². The second kappa shape index (κ2) is 5.64. The van der Waals surface area contributed by atoms with E-state index in [2.05, 4.69) is 4.72 Å². The lowest BCUT2D eigenvalue weighted by atomic mass is 9.78. The highest BCUT2D eigenvalue weighted by atomic mass is 32.2. The number of phenolic OH excluding ortho intramolecular Hbond substituents is 1. The minimum Gasteiger partial charge on any atom is -0.507 e. The minimum atomic E-state index is -3.34. The number of hydrogen-bond donors (Lipinski definition) is 2. The van der Waals surface area contributed by atoms with E-state index in [9.17, 15) is 13.5 Å². The maximum atomic E-state index is 12.0. The van der Waals surface area contributed by atoms with Crippen molar-refractivity contribution in [3.8, 4) is 5.75 Å². The quantitative estimate of drug-likeness (QED) is 0.822. The molecule has 1 saturated heterocycles. The fourth-order valence-electron chi connectivity index (χ4n) is 2.75. The standard InChI is InChI=1S/C18H27NO3S/c1-17(2,3)14-10-12(9-13-7-8-19-23(13,21)22)11-15(16(14)20)18(4,5)6/h9-11,19-20H,7-8H2,1-6H3/b13-9+. The Labute approximate surface area is 139 Å². The van der Waals surface area contributed by atoms with Gasteiger partial charge in [0.05, 0.1) is 4.91 Å². The molecule has 0 unspecified atom stereocenters. The van der Waals surface area contributed by atoms with Gasteiger partial charge in [-0.2, -0.15) is 0 Å². The maximum absolute atomic E-state index is 12.0. The molecule has 0 spiro atoms. The monoisotopic (exact) mass is 337 g/mol. The Morgan fingerprint density at radius 2 is 1.52 bits per heavy atom. The molecule has 1 aromatic rings. The van der Waals surface area contributed by atoms with E-state index in [0.717, 1.165) is 16.7 Å².